The highest BCUT2D eigenvalue weighted by molar-refractivity contribution is 5.31. The van der Waals surface area contributed by atoms with E-state index < -0.39 is 0 Å². The van der Waals surface area contributed by atoms with Crippen molar-refractivity contribution in [2.24, 2.45) is 0 Å². The lowest BCUT2D eigenvalue weighted by Gasteiger charge is -2.36. The van der Waals surface area contributed by atoms with Crippen molar-refractivity contribution in [3.63, 3.8) is 0 Å². The lowest BCUT2D eigenvalue weighted by molar-refractivity contribution is 0.205. The molecule has 0 aromatic heterocycles. The Bertz CT molecular complexity index is 394. The van der Waals surface area contributed by atoms with Crippen LogP contribution in [-0.4, -0.2) is 44.7 Å². The number of hydrogen-bond acceptors (Lipinski definition) is 3. The first-order chi connectivity index (χ1) is 9.22. The minimum Gasteiger partial charge on any atom is -0.497 e. The van der Waals surface area contributed by atoms with E-state index in [0.717, 1.165) is 25.4 Å². The molecule has 1 aliphatic heterocycles. The van der Waals surface area contributed by atoms with E-state index >= 15 is 0 Å². The second kappa shape index (κ2) is 6.92. The number of likely N-dealkylation sites (tertiary alicyclic amines) is 1. The number of methoxy groups -OCH3 is 1. The maximum Gasteiger partial charge on any atom is 0.119 e. The molecule has 1 saturated heterocycles. The van der Waals surface area contributed by atoms with E-state index in [0.29, 0.717) is 12.0 Å². The highest BCUT2D eigenvalue weighted by Crippen LogP contribution is 2.28. The summed E-state index contributed by atoms with van der Waals surface area (Å²) in [6, 6.07) is 9.12. The standard InChI is InChI=1S/C16H26N2O/c1-4-8-17-15-9-14(11-18(2)12-15)13-6-5-7-16(10-13)19-3/h5-7,10,14-15,17H,4,8-9,11-12H2,1-3H3. The Morgan fingerprint density at radius 1 is 1.37 bits per heavy atom. The second-order valence-corrected chi connectivity index (χ2v) is 5.58. The van der Waals surface area contributed by atoms with Gasteiger partial charge in [-0.2, -0.15) is 0 Å². The van der Waals surface area contributed by atoms with Crippen LogP contribution >= 0.6 is 0 Å². The first-order valence-electron chi connectivity index (χ1n) is 7.28. The fraction of sp³-hybridized carbons (Fsp3) is 0.625. The van der Waals surface area contributed by atoms with Crippen LogP contribution in [0.2, 0.25) is 0 Å². The molecule has 1 aliphatic rings. The van der Waals surface area contributed by atoms with Crippen molar-refractivity contribution in [1.29, 1.82) is 0 Å². The fourth-order valence-electron chi connectivity index (χ4n) is 2.95. The summed E-state index contributed by atoms with van der Waals surface area (Å²) < 4.78 is 5.34. The molecule has 2 unspecified atom stereocenters. The average molecular weight is 262 g/mol. The summed E-state index contributed by atoms with van der Waals surface area (Å²) in [5, 5.41) is 3.66. The SMILES string of the molecule is CCCNC1CC(c2cccc(OC)c2)CN(C)C1. The lowest BCUT2D eigenvalue weighted by Crippen LogP contribution is -2.47. The van der Waals surface area contributed by atoms with Gasteiger partial charge in [0.05, 0.1) is 7.11 Å². The van der Waals surface area contributed by atoms with E-state index in [2.05, 4.69) is 42.4 Å². The molecule has 19 heavy (non-hydrogen) atoms. The zero-order valence-electron chi connectivity index (χ0n) is 12.4. The van der Waals surface area contributed by atoms with Gasteiger partial charge in [0, 0.05) is 19.1 Å². The number of ether oxygens (including phenoxy) is 1. The van der Waals surface area contributed by atoms with Gasteiger partial charge in [-0.1, -0.05) is 19.1 Å². The first kappa shape index (κ1) is 14.4. The molecule has 1 heterocycles. The second-order valence-electron chi connectivity index (χ2n) is 5.58. The predicted octanol–water partition coefficient (Wildman–Crippen LogP) is 2.48. The van der Waals surface area contributed by atoms with Crippen molar-refractivity contribution >= 4 is 0 Å². The first-order valence-corrected chi connectivity index (χ1v) is 7.28. The maximum absolute atomic E-state index is 5.34. The molecule has 1 N–H and O–H groups in total. The van der Waals surface area contributed by atoms with E-state index in [-0.39, 0.29) is 0 Å². The summed E-state index contributed by atoms with van der Waals surface area (Å²) in [6.45, 7) is 5.63. The minimum atomic E-state index is 0.600. The molecule has 1 aromatic rings. The molecule has 0 bridgehead atoms. The summed E-state index contributed by atoms with van der Waals surface area (Å²) >= 11 is 0. The minimum absolute atomic E-state index is 0.600. The summed E-state index contributed by atoms with van der Waals surface area (Å²) in [4.78, 5) is 2.43. The molecule has 106 valence electrons. The van der Waals surface area contributed by atoms with Crippen molar-refractivity contribution in [2.45, 2.75) is 31.7 Å². The Labute approximate surface area is 116 Å². The third-order valence-electron chi connectivity index (χ3n) is 3.88. The van der Waals surface area contributed by atoms with Crippen molar-refractivity contribution < 1.29 is 4.74 Å². The van der Waals surface area contributed by atoms with E-state index in [1.165, 1.54) is 18.4 Å². The Morgan fingerprint density at radius 2 is 2.21 bits per heavy atom. The monoisotopic (exact) mass is 262 g/mol. The van der Waals surface area contributed by atoms with Crippen LogP contribution in [0, 0.1) is 0 Å². The van der Waals surface area contributed by atoms with Gasteiger partial charge in [-0.15, -0.1) is 0 Å². The third-order valence-corrected chi connectivity index (χ3v) is 3.88. The van der Waals surface area contributed by atoms with E-state index in [9.17, 15) is 0 Å². The maximum atomic E-state index is 5.34. The van der Waals surface area contributed by atoms with Gasteiger partial charge in [-0.05, 0) is 50.0 Å². The molecular formula is C16H26N2O. The van der Waals surface area contributed by atoms with Crippen molar-refractivity contribution in [3.8, 4) is 5.75 Å². The summed E-state index contributed by atoms with van der Waals surface area (Å²) in [5.74, 6) is 1.56. The molecule has 1 aromatic carbocycles. The van der Waals surface area contributed by atoms with E-state index in [4.69, 9.17) is 4.74 Å². The molecule has 0 radical (unpaired) electrons. The molecule has 1 fully saturated rings. The number of likely N-dealkylation sites (N-methyl/N-ethyl adjacent to an activating group) is 1. The Kier molecular flexibility index (Phi) is 5.23. The normalized spacial score (nSPS) is 24.4. The molecule has 0 aliphatic carbocycles. The summed E-state index contributed by atoms with van der Waals surface area (Å²) in [6.07, 6.45) is 2.42. The van der Waals surface area contributed by atoms with Gasteiger partial charge in [-0.25, -0.2) is 0 Å². The Hall–Kier alpha value is -1.06. The van der Waals surface area contributed by atoms with Gasteiger partial charge in [0.2, 0.25) is 0 Å². The van der Waals surface area contributed by atoms with Crippen molar-refractivity contribution in [1.82, 2.24) is 10.2 Å². The molecule has 2 atom stereocenters. The number of nitrogens with one attached hydrogen (secondary N) is 1. The van der Waals surface area contributed by atoms with Gasteiger partial charge in [0.1, 0.15) is 5.75 Å². The largest absolute Gasteiger partial charge is 0.497 e. The van der Waals surface area contributed by atoms with E-state index in [1.807, 2.05) is 6.07 Å². The van der Waals surface area contributed by atoms with Gasteiger partial charge in [0.25, 0.3) is 0 Å². The lowest BCUT2D eigenvalue weighted by atomic mass is 9.88. The Morgan fingerprint density at radius 3 is 2.95 bits per heavy atom. The van der Waals surface area contributed by atoms with Crippen LogP contribution in [-0.2, 0) is 0 Å². The van der Waals surface area contributed by atoms with Crippen LogP contribution in [0.1, 0.15) is 31.2 Å². The number of benzene rings is 1. The van der Waals surface area contributed by atoms with Gasteiger partial charge in [0.15, 0.2) is 0 Å². The molecule has 2 rings (SSSR count). The highest BCUT2D eigenvalue weighted by atomic mass is 16.5. The number of nitrogens with zero attached hydrogens (tertiary/aromatic N) is 1. The number of piperidine rings is 1. The zero-order chi connectivity index (χ0) is 13.7. The molecule has 0 spiro atoms. The molecular weight excluding hydrogens is 236 g/mol. The van der Waals surface area contributed by atoms with E-state index in [1.54, 1.807) is 7.11 Å². The zero-order valence-corrected chi connectivity index (χ0v) is 12.4. The topological polar surface area (TPSA) is 24.5 Å². The van der Waals surface area contributed by atoms with Gasteiger partial charge in [-0.3, -0.25) is 0 Å². The Balaban J connectivity index is 2.05. The van der Waals surface area contributed by atoms with Crippen LogP contribution in [0.3, 0.4) is 0 Å². The average Bonchev–Trinajstić information content (AvgIpc) is 2.44. The predicted molar refractivity (Wildman–Crippen MR) is 79.9 cm³/mol. The highest BCUT2D eigenvalue weighted by Gasteiger charge is 2.26. The molecule has 0 saturated carbocycles. The van der Waals surface area contributed by atoms with Crippen LogP contribution in [0.5, 0.6) is 5.75 Å². The molecule has 3 nitrogen and oxygen atoms in total. The van der Waals surface area contributed by atoms with Gasteiger partial charge < -0.3 is 15.0 Å². The van der Waals surface area contributed by atoms with Crippen molar-refractivity contribution in [2.75, 3.05) is 33.8 Å². The third kappa shape index (κ3) is 3.95. The number of hydrogen-bond donors (Lipinski definition) is 1. The van der Waals surface area contributed by atoms with Crippen LogP contribution in [0.4, 0.5) is 0 Å². The van der Waals surface area contributed by atoms with Crippen LogP contribution in [0.25, 0.3) is 0 Å². The quantitative estimate of drug-likeness (QED) is 0.882. The number of rotatable bonds is 5. The van der Waals surface area contributed by atoms with Crippen molar-refractivity contribution in [3.05, 3.63) is 29.8 Å². The smallest absolute Gasteiger partial charge is 0.119 e. The van der Waals surface area contributed by atoms with Crippen LogP contribution in [0.15, 0.2) is 24.3 Å². The molecule has 0 amide bonds. The fourth-order valence-corrected chi connectivity index (χ4v) is 2.95. The van der Waals surface area contributed by atoms with Gasteiger partial charge >= 0.3 is 0 Å². The summed E-state index contributed by atoms with van der Waals surface area (Å²) in [5.41, 5.74) is 1.40. The molecule has 3 heteroatoms. The summed E-state index contributed by atoms with van der Waals surface area (Å²) in [7, 11) is 3.95. The van der Waals surface area contributed by atoms with Crippen LogP contribution < -0.4 is 10.1 Å².